The van der Waals surface area contributed by atoms with E-state index in [9.17, 15) is 9.59 Å². The van der Waals surface area contributed by atoms with Crippen LogP contribution in [0.15, 0.2) is 0 Å². The molecule has 0 aromatic carbocycles. The van der Waals surface area contributed by atoms with Crippen molar-refractivity contribution in [2.45, 2.75) is 39.0 Å². The maximum absolute atomic E-state index is 12.1. The van der Waals surface area contributed by atoms with Gasteiger partial charge < -0.3 is 5.73 Å². The highest BCUT2D eigenvalue weighted by molar-refractivity contribution is 7.80. The van der Waals surface area contributed by atoms with Crippen molar-refractivity contribution < 1.29 is 9.59 Å². The predicted octanol–water partition coefficient (Wildman–Crippen LogP) is 1.47. The van der Waals surface area contributed by atoms with Crippen LogP contribution >= 0.6 is 12.2 Å². The second kappa shape index (κ2) is 5.34. The van der Waals surface area contributed by atoms with Crippen LogP contribution in [0.25, 0.3) is 0 Å². The van der Waals surface area contributed by atoms with E-state index in [2.05, 4.69) is 6.92 Å². The van der Waals surface area contributed by atoms with Crippen molar-refractivity contribution in [1.29, 1.82) is 0 Å². The number of amides is 2. The van der Waals surface area contributed by atoms with Gasteiger partial charge in [0.05, 0.1) is 16.8 Å². The van der Waals surface area contributed by atoms with E-state index in [1.807, 2.05) is 0 Å². The summed E-state index contributed by atoms with van der Waals surface area (Å²) < 4.78 is 0. The zero-order chi connectivity index (χ0) is 13.3. The van der Waals surface area contributed by atoms with Crippen molar-refractivity contribution in [3.63, 3.8) is 0 Å². The first kappa shape index (κ1) is 13.5. The fourth-order valence-electron chi connectivity index (χ4n) is 3.14. The quantitative estimate of drug-likeness (QED) is 0.466. The van der Waals surface area contributed by atoms with Crippen molar-refractivity contribution in [2.75, 3.05) is 6.54 Å². The van der Waals surface area contributed by atoms with Crippen molar-refractivity contribution in [3.8, 4) is 0 Å². The lowest BCUT2D eigenvalue weighted by Crippen LogP contribution is -2.33. The highest BCUT2D eigenvalue weighted by Crippen LogP contribution is 2.42. The van der Waals surface area contributed by atoms with Gasteiger partial charge in [-0.3, -0.25) is 14.5 Å². The number of fused-ring (bicyclic) bond motifs is 1. The average Bonchev–Trinajstić information content (AvgIpc) is 2.77. The van der Waals surface area contributed by atoms with E-state index in [-0.39, 0.29) is 23.7 Å². The van der Waals surface area contributed by atoms with Crippen molar-refractivity contribution in [2.24, 2.45) is 23.5 Å². The molecule has 2 atom stereocenters. The first-order chi connectivity index (χ1) is 8.50. The number of nitrogens with zero attached hydrogens (tertiary/aromatic N) is 1. The molecule has 1 saturated heterocycles. The monoisotopic (exact) mass is 268 g/mol. The van der Waals surface area contributed by atoms with Gasteiger partial charge in [0.15, 0.2) is 0 Å². The molecule has 2 aliphatic rings. The summed E-state index contributed by atoms with van der Waals surface area (Å²) >= 11 is 4.80. The van der Waals surface area contributed by atoms with Gasteiger partial charge >= 0.3 is 0 Å². The Morgan fingerprint density at radius 3 is 2.33 bits per heavy atom. The molecular weight excluding hydrogens is 248 g/mol. The van der Waals surface area contributed by atoms with Gasteiger partial charge in [0.1, 0.15) is 0 Å². The smallest absolute Gasteiger partial charge is 0.233 e. The zero-order valence-electron chi connectivity index (χ0n) is 10.7. The maximum Gasteiger partial charge on any atom is 0.233 e. The Kier molecular flexibility index (Phi) is 4.00. The molecule has 2 fully saturated rings. The molecule has 0 aromatic rings. The Labute approximate surface area is 113 Å². The van der Waals surface area contributed by atoms with Crippen LogP contribution in [0, 0.1) is 17.8 Å². The third kappa shape index (κ3) is 2.55. The minimum absolute atomic E-state index is 0.0388. The van der Waals surface area contributed by atoms with Gasteiger partial charge in [-0.25, -0.2) is 0 Å². The van der Waals surface area contributed by atoms with E-state index in [4.69, 9.17) is 18.0 Å². The van der Waals surface area contributed by atoms with Crippen molar-refractivity contribution >= 4 is 29.0 Å². The Morgan fingerprint density at radius 1 is 1.28 bits per heavy atom. The molecule has 2 N–H and O–H groups in total. The van der Waals surface area contributed by atoms with E-state index in [1.54, 1.807) is 0 Å². The van der Waals surface area contributed by atoms with Crippen LogP contribution in [0.5, 0.6) is 0 Å². The normalized spacial score (nSPS) is 30.9. The molecule has 1 heterocycles. The first-order valence-electron chi connectivity index (χ1n) is 6.64. The van der Waals surface area contributed by atoms with Gasteiger partial charge in [-0.1, -0.05) is 19.1 Å². The van der Waals surface area contributed by atoms with E-state index < -0.39 is 0 Å². The lowest BCUT2D eigenvalue weighted by Gasteiger charge is -2.16. The number of unbranched alkanes of at least 4 members (excludes halogenated alkanes) is 1. The van der Waals surface area contributed by atoms with E-state index in [0.29, 0.717) is 23.9 Å². The summed E-state index contributed by atoms with van der Waals surface area (Å²) in [5, 5.41) is 0. The number of rotatable bonds is 5. The summed E-state index contributed by atoms with van der Waals surface area (Å²) in [6, 6.07) is 0. The van der Waals surface area contributed by atoms with Gasteiger partial charge in [0, 0.05) is 6.54 Å². The highest BCUT2D eigenvalue weighted by atomic mass is 32.1. The number of hydrogen-bond donors (Lipinski definition) is 1. The Morgan fingerprint density at radius 2 is 1.83 bits per heavy atom. The molecule has 18 heavy (non-hydrogen) atoms. The number of imide groups is 1. The molecule has 0 radical (unpaired) electrons. The van der Waals surface area contributed by atoms with Gasteiger partial charge in [0.25, 0.3) is 0 Å². The predicted molar refractivity (Wildman–Crippen MR) is 72.7 cm³/mol. The molecule has 5 heteroatoms. The maximum atomic E-state index is 12.1. The number of likely N-dealkylation sites (tertiary alicyclic amines) is 1. The van der Waals surface area contributed by atoms with Gasteiger partial charge in [-0.15, -0.1) is 0 Å². The van der Waals surface area contributed by atoms with Crippen LogP contribution in [0.4, 0.5) is 0 Å². The number of carbonyl (C=O) groups excluding carboxylic acids is 2. The third-order valence-corrected chi connectivity index (χ3v) is 4.22. The lowest BCUT2D eigenvalue weighted by atomic mass is 10.00. The zero-order valence-corrected chi connectivity index (χ0v) is 11.5. The van der Waals surface area contributed by atoms with Gasteiger partial charge in [-0.05, 0) is 38.0 Å². The summed E-state index contributed by atoms with van der Waals surface area (Å²) in [7, 11) is 0. The molecule has 1 aliphatic heterocycles. The molecule has 1 aliphatic carbocycles. The molecule has 2 unspecified atom stereocenters. The third-order valence-electron chi connectivity index (χ3n) is 4.02. The van der Waals surface area contributed by atoms with E-state index in [1.165, 1.54) is 4.90 Å². The van der Waals surface area contributed by atoms with Crippen molar-refractivity contribution in [3.05, 3.63) is 0 Å². The molecule has 4 nitrogen and oxygen atoms in total. The summed E-state index contributed by atoms with van der Waals surface area (Å²) in [6.45, 7) is 2.65. The van der Waals surface area contributed by atoms with Gasteiger partial charge in [0.2, 0.25) is 11.8 Å². The Hall–Kier alpha value is -0.970. The highest BCUT2D eigenvalue weighted by Gasteiger charge is 2.51. The summed E-state index contributed by atoms with van der Waals surface area (Å²) in [5.74, 6) is 0.519. The lowest BCUT2D eigenvalue weighted by molar-refractivity contribution is -0.140. The SMILES string of the molecule is CC1CC2C(=O)N(CCCCC(N)=S)C(=O)C2C1. The summed E-state index contributed by atoms with van der Waals surface area (Å²) in [6.07, 6.45) is 4.08. The fourth-order valence-corrected chi connectivity index (χ4v) is 3.28. The van der Waals surface area contributed by atoms with E-state index in [0.717, 1.165) is 25.7 Å². The molecule has 0 aromatic heterocycles. The van der Waals surface area contributed by atoms with Gasteiger partial charge in [-0.2, -0.15) is 0 Å². The minimum Gasteiger partial charge on any atom is -0.393 e. The van der Waals surface area contributed by atoms with Crippen LogP contribution in [0.2, 0.25) is 0 Å². The minimum atomic E-state index is -0.0388. The molecule has 0 bridgehead atoms. The van der Waals surface area contributed by atoms with Crippen LogP contribution in [0.1, 0.15) is 39.0 Å². The van der Waals surface area contributed by atoms with Crippen LogP contribution < -0.4 is 5.73 Å². The number of hydrogen-bond acceptors (Lipinski definition) is 3. The molecule has 100 valence electrons. The standard InChI is InChI=1S/C13H20N2O2S/c1-8-6-9-10(7-8)13(17)15(12(9)16)5-3-2-4-11(14)18/h8-10H,2-7H2,1H3,(H2,14,18). The molecule has 2 amide bonds. The van der Waals surface area contributed by atoms with Crippen LogP contribution in [0.3, 0.4) is 0 Å². The molecule has 2 rings (SSSR count). The molecule has 1 saturated carbocycles. The number of thiocarbonyl (C=S) groups is 1. The van der Waals surface area contributed by atoms with Crippen LogP contribution in [-0.2, 0) is 9.59 Å². The van der Waals surface area contributed by atoms with Crippen LogP contribution in [-0.4, -0.2) is 28.2 Å². The second-order valence-corrected chi connectivity index (χ2v) is 6.07. The first-order valence-corrected chi connectivity index (χ1v) is 7.05. The largest absolute Gasteiger partial charge is 0.393 e. The van der Waals surface area contributed by atoms with Crippen molar-refractivity contribution in [1.82, 2.24) is 4.90 Å². The molecule has 0 spiro atoms. The summed E-state index contributed by atoms with van der Waals surface area (Å²) in [5.41, 5.74) is 5.42. The average molecular weight is 268 g/mol. The summed E-state index contributed by atoms with van der Waals surface area (Å²) in [4.78, 5) is 26.2. The topological polar surface area (TPSA) is 63.4 Å². The Balaban J connectivity index is 1.86. The number of carbonyl (C=O) groups is 2. The van der Waals surface area contributed by atoms with E-state index >= 15 is 0 Å². The Bertz CT molecular complexity index is 359. The number of nitrogens with two attached hydrogens (primary N) is 1. The second-order valence-electron chi connectivity index (χ2n) is 5.54. The molecular formula is C13H20N2O2S. The fraction of sp³-hybridized carbons (Fsp3) is 0.769.